The van der Waals surface area contributed by atoms with Gasteiger partial charge in [0.2, 0.25) is 0 Å². The molecule has 2 nitrogen and oxygen atoms in total. The van der Waals surface area contributed by atoms with E-state index in [1.54, 1.807) is 7.11 Å². The zero-order valence-electron chi connectivity index (χ0n) is 9.84. The third-order valence-corrected chi connectivity index (χ3v) is 5.45. The Morgan fingerprint density at radius 3 is 2.50 bits per heavy atom. The number of rotatable bonds is 9. The van der Waals surface area contributed by atoms with Crippen LogP contribution in [0.2, 0.25) is 12.6 Å². The molecule has 0 amide bonds. The van der Waals surface area contributed by atoms with Crippen LogP contribution in [0, 0.1) is 0 Å². The fourth-order valence-electron chi connectivity index (χ4n) is 1.45. The van der Waals surface area contributed by atoms with Crippen LogP contribution in [0.1, 0.15) is 32.6 Å². The van der Waals surface area contributed by atoms with Crippen LogP contribution in [0.5, 0.6) is 0 Å². The molecule has 3 heteroatoms. The predicted octanol–water partition coefficient (Wildman–Crippen LogP) is 3.49. The van der Waals surface area contributed by atoms with Gasteiger partial charge in [-0.25, -0.2) is 0 Å². The van der Waals surface area contributed by atoms with Crippen LogP contribution >= 0.6 is 0 Å². The molecule has 0 N–H and O–H groups in total. The standard InChI is InChI=1S/C11H24O2Si/c1-5-7-8-9-10-11-14(4,12-3)13-6-2/h5H,1,6-11H2,2-4H3. The van der Waals surface area contributed by atoms with Crippen molar-refractivity contribution >= 4 is 8.56 Å². The lowest BCUT2D eigenvalue weighted by atomic mass is 10.2. The van der Waals surface area contributed by atoms with Crippen molar-refractivity contribution < 1.29 is 8.85 Å². The van der Waals surface area contributed by atoms with Gasteiger partial charge in [-0.1, -0.05) is 18.9 Å². The van der Waals surface area contributed by atoms with E-state index >= 15 is 0 Å². The molecular formula is C11H24O2Si. The average molecular weight is 216 g/mol. The summed E-state index contributed by atoms with van der Waals surface area (Å²) in [5.74, 6) is 0. The van der Waals surface area contributed by atoms with E-state index in [0.29, 0.717) is 0 Å². The summed E-state index contributed by atoms with van der Waals surface area (Å²) < 4.78 is 11.2. The number of unbranched alkanes of at least 4 members (excludes halogenated alkanes) is 3. The third kappa shape index (κ3) is 6.35. The lowest BCUT2D eigenvalue weighted by Crippen LogP contribution is -2.37. The molecule has 14 heavy (non-hydrogen) atoms. The van der Waals surface area contributed by atoms with Gasteiger partial charge in [0.1, 0.15) is 0 Å². The van der Waals surface area contributed by atoms with Gasteiger partial charge in [-0.05, 0) is 32.4 Å². The lowest BCUT2D eigenvalue weighted by Gasteiger charge is -2.24. The van der Waals surface area contributed by atoms with E-state index < -0.39 is 8.56 Å². The molecule has 0 fully saturated rings. The Morgan fingerprint density at radius 1 is 1.29 bits per heavy atom. The molecule has 0 saturated heterocycles. The van der Waals surface area contributed by atoms with E-state index in [1.165, 1.54) is 19.3 Å². The fraction of sp³-hybridized carbons (Fsp3) is 0.818. The summed E-state index contributed by atoms with van der Waals surface area (Å²) in [5, 5.41) is 0. The summed E-state index contributed by atoms with van der Waals surface area (Å²) in [6.07, 6.45) is 6.81. The Labute approximate surface area is 89.6 Å². The average Bonchev–Trinajstić information content (AvgIpc) is 2.18. The molecule has 84 valence electrons. The maximum absolute atomic E-state index is 5.68. The van der Waals surface area contributed by atoms with Crippen molar-refractivity contribution in [1.29, 1.82) is 0 Å². The highest BCUT2D eigenvalue weighted by molar-refractivity contribution is 6.65. The minimum atomic E-state index is -1.81. The van der Waals surface area contributed by atoms with Gasteiger partial charge in [0.05, 0.1) is 0 Å². The smallest absolute Gasteiger partial charge is 0.334 e. The van der Waals surface area contributed by atoms with E-state index in [4.69, 9.17) is 8.85 Å². The summed E-state index contributed by atoms with van der Waals surface area (Å²) in [6.45, 7) is 8.65. The molecule has 0 aromatic carbocycles. The SMILES string of the molecule is C=CCCCCC[Si](C)(OC)OCC. The number of hydrogen-bond donors (Lipinski definition) is 0. The van der Waals surface area contributed by atoms with Crippen molar-refractivity contribution in [3.05, 3.63) is 12.7 Å². The molecule has 0 aromatic rings. The molecule has 0 radical (unpaired) electrons. The first-order valence-corrected chi connectivity index (χ1v) is 8.01. The van der Waals surface area contributed by atoms with Gasteiger partial charge in [0.25, 0.3) is 0 Å². The molecule has 0 heterocycles. The first-order chi connectivity index (χ1) is 6.68. The third-order valence-electron chi connectivity index (χ3n) is 2.42. The maximum atomic E-state index is 5.68. The molecule has 0 aliphatic carbocycles. The quantitative estimate of drug-likeness (QED) is 0.334. The molecule has 1 unspecified atom stereocenters. The molecule has 0 aliphatic rings. The Balaban J connectivity index is 3.56. The minimum absolute atomic E-state index is 0.767. The zero-order valence-corrected chi connectivity index (χ0v) is 10.8. The van der Waals surface area contributed by atoms with E-state index in [1.807, 2.05) is 13.0 Å². The lowest BCUT2D eigenvalue weighted by molar-refractivity contribution is 0.214. The Kier molecular flexibility index (Phi) is 8.13. The molecule has 0 rings (SSSR count). The highest BCUT2D eigenvalue weighted by Crippen LogP contribution is 2.17. The Morgan fingerprint density at radius 2 is 2.00 bits per heavy atom. The van der Waals surface area contributed by atoms with Crippen LogP contribution in [0.4, 0.5) is 0 Å². The molecule has 0 aromatic heterocycles. The van der Waals surface area contributed by atoms with Gasteiger partial charge in [0, 0.05) is 13.7 Å². The zero-order chi connectivity index (χ0) is 10.9. The summed E-state index contributed by atoms with van der Waals surface area (Å²) in [4.78, 5) is 0. The van der Waals surface area contributed by atoms with Gasteiger partial charge in [-0.2, -0.15) is 0 Å². The highest BCUT2D eigenvalue weighted by atomic mass is 28.4. The first-order valence-electron chi connectivity index (χ1n) is 5.48. The normalized spacial score (nSPS) is 15.1. The molecule has 0 spiro atoms. The summed E-state index contributed by atoms with van der Waals surface area (Å²) in [5.41, 5.74) is 0. The van der Waals surface area contributed by atoms with Gasteiger partial charge in [-0.3, -0.25) is 0 Å². The van der Waals surface area contributed by atoms with Crippen LogP contribution in [-0.2, 0) is 8.85 Å². The van der Waals surface area contributed by atoms with Crippen LogP contribution in [0.25, 0.3) is 0 Å². The summed E-state index contributed by atoms with van der Waals surface area (Å²) in [6, 6.07) is 1.11. The summed E-state index contributed by atoms with van der Waals surface area (Å²) >= 11 is 0. The van der Waals surface area contributed by atoms with E-state index in [9.17, 15) is 0 Å². The largest absolute Gasteiger partial charge is 0.398 e. The van der Waals surface area contributed by atoms with Crippen LogP contribution < -0.4 is 0 Å². The van der Waals surface area contributed by atoms with Crippen molar-refractivity contribution in [2.75, 3.05) is 13.7 Å². The monoisotopic (exact) mass is 216 g/mol. The van der Waals surface area contributed by atoms with E-state index in [-0.39, 0.29) is 0 Å². The van der Waals surface area contributed by atoms with Crippen molar-refractivity contribution in [3.63, 3.8) is 0 Å². The molecule has 1 atom stereocenters. The van der Waals surface area contributed by atoms with Gasteiger partial charge < -0.3 is 8.85 Å². The van der Waals surface area contributed by atoms with Crippen molar-refractivity contribution in [1.82, 2.24) is 0 Å². The second-order valence-corrected chi connectivity index (χ2v) is 7.12. The summed E-state index contributed by atoms with van der Waals surface area (Å²) in [7, 11) is -0.0399. The maximum Gasteiger partial charge on any atom is 0.334 e. The molecule has 0 bridgehead atoms. The minimum Gasteiger partial charge on any atom is -0.398 e. The van der Waals surface area contributed by atoms with Gasteiger partial charge in [0.15, 0.2) is 0 Å². The Bertz CT molecular complexity index is 150. The second kappa shape index (κ2) is 8.21. The van der Waals surface area contributed by atoms with E-state index in [2.05, 4.69) is 13.1 Å². The molecular weight excluding hydrogens is 192 g/mol. The number of allylic oxidation sites excluding steroid dienone is 1. The first kappa shape index (κ1) is 13.9. The fourth-order valence-corrected chi connectivity index (χ4v) is 3.42. The highest BCUT2D eigenvalue weighted by Gasteiger charge is 2.28. The number of hydrogen-bond acceptors (Lipinski definition) is 2. The molecule has 0 saturated carbocycles. The van der Waals surface area contributed by atoms with Crippen LogP contribution in [0.15, 0.2) is 12.7 Å². The van der Waals surface area contributed by atoms with Crippen molar-refractivity contribution in [2.45, 2.75) is 45.2 Å². The topological polar surface area (TPSA) is 18.5 Å². The second-order valence-electron chi connectivity index (χ2n) is 3.66. The predicted molar refractivity (Wildman–Crippen MR) is 63.7 cm³/mol. The molecule has 0 aliphatic heterocycles. The van der Waals surface area contributed by atoms with Gasteiger partial charge in [-0.15, -0.1) is 6.58 Å². The van der Waals surface area contributed by atoms with Crippen LogP contribution in [0.3, 0.4) is 0 Å². The van der Waals surface area contributed by atoms with E-state index in [0.717, 1.165) is 19.1 Å². The Hall–Kier alpha value is -0.123. The van der Waals surface area contributed by atoms with Gasteiger partial charge >= 0.3 is 8.56 Å². The van der Waals surface area contributed by atoms with Crippen LogP contribution in [-0.4, -0.2) is 22.3 Å². The van der Waals surface area contributed by atoms with Crippen molar-refractivity contribution in [3.8, 4) is 0 Å². The van der Waals surface area contributed by atoms with Crippen molar-refractivity contribution in [2.24, 2.45) is 0 Å².